The molecule has 0 aliphatic heterocycles. The van der Waals surface area contributed by atoms with Crippen LogP contribution in [0.1, 0.15) is 11.3 Å². The minimum absolute atomic E-state index is 0.271. The first-order chi connectivity index (χ1) is 12.1. The van der Waals surface area contributed by atoms with Crippen LogP contribution in [-0.2, 0) is 14.3 Å². The van der Waals surface area contributed by atoms with E-state index in [0.29, 0.717) is 18.1 Å². The number of anilines is 1. The minimum atomic E-state index is -0.626. The number of aryl methyl sites for hydroxylation is 1. The number of carbonyl (C=O) groups excluding carboxylic acids is 2. The highest BCUT2D eigenvalue weighted by Gasteiger charge is 2.08. The molecule has 1 aromatic carbocycles. The molecule has 0 unspecified atom stereocenters. The van der Waals surface area contributed by atoms with Crippen molar-refractivity contribution in [2.45, 2.75) is 6.92 Å². The van der Waals surface area contributed by atoms with E-state index in [0.717, 1.165) is 5.56 Å². The number of ether oxygens (including phenoxy) is 2. The molecule has 0 saturated heterocycles. The van der Waals surface area contributed by atoms with Crippen molar-refractivity contribution in [3.05, 3.63) is 60.4 Å². The molecular weight excluding hydrogens is 324 g/mol. The highest BCUT2D eigenvalue weighted by atomic mass is 16.5. The number of amides is 1. The van der Waals surface area contributed by atoms with E-state index in [-0.39, 0.29) is 5.82 Å². The maximum Gasteiger partial charge on any atom is 0.331 e. The van der Waals surface area contributed by atoms with Gasteiger partial charge in [0.25, 0.3) is 5.91 Å². The predicted molar refractivity (Wildman–Crippen MR) is 92.0 cm³/mol. The zero-order valence-corrected chi connectivity index (χ0v) is 13.7. The monoisotopic (exact) mass is 342 g/mol. The highest BCUT2D eigenvalue weighted by molar-refractivity contribution is 5.94. The van der Waals surface area contributed by atoms with Crippen molar-refractivity contribution in [2.24, 2.45) is 0 Å². The van der Waals surface area contributed by atoms with Crippen LogP contribution in [0.3, 0.4) is 0 Å². The summed E-state index contributed by atoms with van der Waals surface area (Å²) in [6.07, 6.45) is 4.48. The lowest BCUT2D eigenvalue weighted by Gasteiger charge is -2.03. The van der Waals surface area contributed by atoms with Crippen LogP contribution in [0.2, 0.25) is 0 Å². The Morgan fingerprint density at radius 3 is 2.72 bits per heavy atom. The van der Waals surface area contributed by atoms with E-state index in [1.54, 1.807) is 49.4 Å². The molecule has 0 aliphatic carbocycles. The summed E-state index contributed by atoms with van der Waals surface area (Å²) in [5.74, 6) is 0.417. The van der Waals surface area contributed by atoms with Crippen LogP contribution in [0.15, 0.2) is 53.6 Å². The molecule has 130 valence electrons. The zero-order valence-electron chi connectivity index (χ0n) is 13.7. The van der Waals surface area contributed by atoms with Crippen LogP contribution >= 0.6 is 0 Å². The fraction of sp³-hybridized carbons (Fsp3) is 0.167. The third-order valence-electron chi connectivity index (χ3n) is 2.90. The molecule has 0 atom stereocenters. The Morgan fingerprint density at radius 2 is 2.08 bits per heavy atom. The van der Waals surface area contributed by atoms with Gasteiger partial charge in [-0.1, -0.05) is 29.9 Å². The van der Waals surface area contributed by atoms with Crippen molar-refractivity contribution < 1.29 is 23.6 Å². The number of carbonyl (C=O) groups is 2. The van der Waals surface area contributed by atoms with E-state index in [2.05, 4.69) is 17.1 Å². The van der Waals surface area contributed by atoms with Gasteiger partial charge in [0.05, 0.1) is 0 Å². The van der Waals surface area contributed by atoms with Gasteiger partial charge in [0.15, 0.2) is 12.4 Å². The summed E-state index contributed by atoms with van der Waals surface area (Å²) in [4.78, 5) is 23.2. The number of hydrogen-bond acceptors (Lipinski definition) is 6. The summed E-state index contributed by atoms with van der Waals surface area (Å²) in [5, 5.41) is 6.06. The van der Waals surface area contributed by atoms with Crippen LogP contribution in [-0.4, -0.2) is 30.2 Å². The van der Waals surface area contributed by atoms with E-state index >= 15 is 0 Å². The summed E-state index contributed by atoms with van der Waals surface area (Å²) in [5.41, 5.74) is 0.797. The summed E-state index contributed by atoms with van der Waals surface area (Å²) < 4.78 is 15.0. The van der Waals surface area contributed by atoms with Gasteiger partial charge in [0.1, 0.15) is 18.1 Å². The third-order valence-corrected chi connectivity index (χ3v) is 2.90. The number of nitrogens with one attached hydrogen (secondary N) is 1. The first kappa shape index (κ1) is 18.0. The molecule has 0 spiro atoms. The van der Waals surface area contributed by atoms with Crippen molar-refractivity contribution in [1.29, 1.82) is 0 Å². The second-order valence-corrected chi connectivity index (χ2v) is 4.98. The number of nitrogens with zero attached hydrogens (tertiary/aromatic N) is 1. The maximum atomic E-state index is 11.6. The molecule has 2 aromatic rings. The molecule has 7 heteroatoms. The first-order valence-electron chi connectivity index (χ1n) is 7.48. The second-order valence-electron chi connectivity index (χ2n) is 4.98. The van der Waals surface area contributed by atoms with Gasteiger partial charge in [-0.25, -0.2) is 4.79 Å². The van der Waals surface area contributed by atoms with Crippen molar-refractivity contribution in [3.63, 3.8) is 0 Å². The molecule has 1 aromatic heterocycles. The molecule has 0 fully saturated rings. The second kappa shape index (κ2) is 9.07. The zero-order chi connectivity index (χ0) is 18.1. The standard InChI is InChI=1S/C18H18N2O5/c1-3-10-23-15-7-4-14(5-8-15)6-9-18(22)24-12-17(21)19-16-11-13(2)25-20-16/h3-9,11H,1,10,12H2,2H3,(H,19,20,21)/b9-6+. The SMILES string of the molecule is C=CCOc1ccc(/C=C/C(=O)OCC(=O)Nc2cc(C)on2)cc1. The van der Waals surface area contributed by atoms with Gasteiger partial charge in [-0.2, -0.15) is 0 Å². The van der Waals surface area contributed by atoms with Gasteiger partial charge in [0.2, 0.25) is 0 Å². The number of rotatable bonds is 8. The van der Waals surface area contributed by atoms with Crippen molar-refractivity contribution >= 4 is 23.8 Å². The molecule has 1 N–H and O–H groups in total. The Bertz CT molecular complexity index is 762. The number of benzene rings is 1. The molecule has 25 heavy (non-hydrogen) atoms. The molecule has 2 rings (SSSR count). The van der Waals surface area contributed by atoms with E-state index in [1.807, 2.05) is 0 Å². The Morgan fingerprint density at radius 1 is 1.32 bits per heavy atom. The van der Waals surface area contributed by atoms with E-state index < -0.39 is 18.5 Å². The first-order valence-corrected chi connectivity index (χ1v) is 7.48. The van der Waals surface area contributed by atoms with Gasteiger partial charge in [-0.3, -0.25) is 4.79 Å². The lowest BCUT2D eigenvalue weighted by atomic mass is 10.2. The Kier molecular flexibility index (Phi) is 6.53. The lowest BCUT2D eigenvalue weighted by molar-refractivity contribution is -0.142. The molecule has 0 radical (unpaired) electrons. The fourth-order valence-corrected chi connectivity index (χ4v) is 1.78. The number of esters is 1. The molecule has 0 bridgehead atoms. The third kappa shape index (κ3) is 6.34. The summed E-state index contributed by atoms with van der Waals surface area (Å²) >= 11 is 0. The van der Waals surface area contributed by atoms with Crippen molar-refractivity contribution in [3.8, 4) is 5.75 Å². The van der Waals surface area contributed by atoms with Crippen molar-refractivity contribution in [1.82, 2.24) is 5.16 Å². The van der Waals surface area contributed by atoms with Gasteiger partial charge in [-0.05, 0) is 30.7 Å². The van der Waals surface area contributed by atoms with Gasteiger partial charge >= 0.3 is 5.97 Å². The van der Waals surface area contributed by atoms with E-state index in [4.69, 9.17) is 14.0 Å². The van der Waals surface area contributed by atoms with Gasteiger partial charge in [0, 0.05) is 12.1 Å². The largest absolute Gasteiger partial charge is 0.490 e. The molecule has 0 saturated carbocycles. The highest BCUT2D eigenvalue weighted by Crippen LogP contribution is 2.13. The molecule has 1 amide bonds. The quantitative estimate of drug-likeness (QED) is 0.451. The Labute approximate surface area is 144 Å². The van der Waals surface area contributed by atoms with Gasteiger partial charge < -0.3 is 19.3 Å². The van der Waals surface area contributed by atoms with Crippen LogP contribution < -0.4 is 10.1 Å². The summed E-state index contributed by atoms with van der Waals surface area (Å²) in [7, 11) is 0. The average molecular weight is 342 g/mol. The summed E-state index contributed by atoms with van der Waals surface area (Å²) in [6.45, 7) is 5.29. The van der Waals surface area contributed by atoms with Crippen molar-refractivity contribution in [2.75, 3.05) is 18.5 Å². The number of aromatic nitrogens is 1. The molecule has 0 aliphatic rings. The summed E-state index contributed by atoms with van der Waals surface area (Å²) in [6, 6.07) is 8.70. The maximum absolute atomic E-state index is 11.6. The minimum Gasteiger partial charge on any atom is -0.490 e. The predicted octanol–water partition coefficient (Wildman–Crippen LogP) is 2.74. The average Bonchev–Trinajstić information content (AvgIpc) is 3.02. The van der Waals surface area contributed by atoms with Crippen LogP contribution in [0.25, 0.3) is 6.08 Å². The van der Waals surface area contributed by atoms with E-state index in [1.165, 1.54) is 6.08 Å². The molecule has 7 nitrogen and oxygen atoms in total. The Hall–Kier alpha value is -3.35. The van der Waals surface area contributed by atoms with E-state index in [9.17, 15) is 9.59 Å². The smallest absolute Gasteiger partial charge is 0.331 e. The molecule has 1 heterocycles. The topological polar surface area (TPSA) is 90.7 Å². The fourth-order valence-electron chi connectivity index (χ4n) is 1.78. The van der Waals surface area contributed by atoms with Gasteiger partial charge in [-0.15, -0.1) is 0 Å². The molecular formula is C18H18N2O5. The lowest BCUT2D eigenvalue weighted by Crippen LogP contribution is -2.20. The number of hydrogen-bond donors (Lipinski definition) is 1. The Balaban J connectivity index is 1.76. The van der Waals surface area contributed by atoms with Crippen LogP contribution in [0, 0.1) is 6.92 Å². The normalized spacial score (nSPS) is 10.4. The van der Waals surface area contributed by atoms with Crippen LogP contribution in [0.5, 0.6) is 5.75 Å². The van der Waals surface area contributed by atoms with Crippen LogP contribution in [0.4, 0.5) is 5.82 Å².